The molecular formula is C17H12F5N5O. The lowest BCUT2D eigenvalue weighted by atomic mass is 10.2. The number of rotatable bonds is 2. The number of aromatic nitrogens is 4. The third kappa shape index (κ3) is 2.22. The van der Waals surface area contributed by atoms with Gasteiger partial charge in [-0.15, -0.1) is 0 Å². The van der Waals surface area contributed by atoms with Gasteiger partial charge in [0.15, 0.2) is 17.9 Å². The normalized spacial score (nSPS) is 20.1. The zero-order valence-corrected chi connectivity index (χ0v) is 14.0. The van der Waals surface area contributed by atoms with E-state index in [9.17, 15) is 27.1 Å². The van der Waals surface area contributed by atoms with Crippen LogP contribution in [0.2, 0.25) is 0 Å². The van der Waals surface area contributed by atoms with E-state index in [0.717, 1.165) is 21.7 Å². The molecule has 1 unspecified atom stereocenters. The summed E-state index contributed by atoms with van der Waals surface area (Å²) in [5, 5.41) is 14.2. The fourth-order valence-electron chi connectivity index (χ4n) is 3.67. The Morgan fingerprint density at radius 3 is 2.39 bits per heavy atom. The number of benzene rings is 1. The number of imidazole rings is 1. The molecule has 1 aliphatic heterocycles. The van der Waals surface area contributed by atoms with Gasteiger partial charge in [-0.1, -0.05) is 0 Å². The van der Waals surface area contributed by atoms with Crippen molar-refractivity contribution in [1.29, 1.82) is 0 Å². The molecule has 0 saturated heterocycles. The molecule has 0 bridgehead atoms. The van der Waals surface area contributed by atoms with E-state index < -0.39 is 40.8 Å². The summed E-state index contributed by atoms with van der Waals surface area (Å²) >= 11 is 0. The smallest absolute Gasteiger partial charge is 0.371 e. The highest BCUT2D eigenvalue weighted by molar-refractivity contribution is 5.65. The Balaban J connectivity index is 1.58. The number of anilines is 2. The van der Waals surface area contributed by atoms with Gasteiger partial charge in [-0.05, 0) is 12.8 Å². The number of halogens is 5. The number of aliphatic hydroxyl groups excluding tert-OH is 1. The van der Waals surface area contributed by atoms with E-state index in [-0.39, 0.29) is 11.6 Å². The van der Waals surface area contributed by atoms with Gasteiger partial charge in [-0.3, -0.25) is 4.90 Å². The van der Waals surface area contributed by atoms with Gasteiger partial charge in [-0.25, -0.2) is 18.4 Å². The topological polar surface area (TPSA) is 59.1 Å². The lowest BCUT2D eigenvalue weighted by Gasteiger charge is -2.25. The second-order valence-corrected chi connectivity index (χ2v) is 6.87. The van der Waals surface area contributed by atoms with Crippen molar-refractivity contribution in [3.8, 4) is 5.69 Å². The Morgan fingerprint density at radius 2 is 1.82 bits per heavy atom. The maximum absolute atomic E-state index is 14.8. The van der Waals surface area contributed by atoms with Gasteiger partial charge in [0.2, 0.25) is 5.95 Å². The number of hydrogen-bond donors (Lipinski definition) is 1. The van der Waals surface area contributed by atoms with Crippen LogP contribution in [0.25, 0.3) is 5.69 Å². The maximum atomic E-state index is 14.8. The van der Waals surface area contributed by atoms with Crippen LogP contribution in [0.15, 0.2) is 36.9 Å². The molecule has 1 N–H and O–H groups in total. The summed E-state index contributed by atoms with van der Waals surface area (Å²) in [7, 11) is 0. The molecule has 11 heteroatoms. The molecule has 5 rings (SSSR count). The van der Waals surface area contributed by atoms with Gasteiger partial charge in [0.05, 0.1) is 23.0 Å². The molecule has 1 fully saturated rings. The second kappa shape index (κ2) is 5.31. The number of aliphatic hydroxyl groups is 1. The van der Waals surface area contributed by atoms with Crippen LogP contribution in [0, 0.1) is 11.6 Å². The molecule has 3 aromatic rings. The summed E-state index contributed by atoms with van der Waals surface area (Å²) in [5.74, 6) is -1.90. The van der Waals surface area contributed by atoms with Crippen molar-refractivity contribution < 1.29 is 27.1 Å². The van der Waals surface area contributed by atoms with Crippen LogP contribution in [-0.2, 0) is 11.7 Å². The van der Waals surface area contributed by atoms with Crippen LogP contribution in [0.5, 0.6) is 0 Å². The zero-order chi connectivity index (χ0) is 19.8. The van der Waals surface area contributed by atoms with Gasteiger partial charge in [0, 0.05) is 30.7 Å². The molecule has 1 aromatic carbocycles. The minimum absolute atomic E-state index is 0.203. The third-order valence-corrected chi connectivity index (χ3v) is 5.22. The largest absolute Gasteiger partial charge is 0.419 e. The number of hydrogen-bond acceptors (Lipinski definition) is 4. The van der Waals surface area contributed by atoms with Crippen molar-refractivity contribution in [2.24, 2.45) is 0 Å². The Kier molecular flexibility index (Phi) is 3.26. The van der Waals surface area contributed by atoms with Crippen molar-refractivity contribution in [2.45, 2.75) is 30.8 Å². The highest BCUT2D eigenvalue weighted by Gasteiger charge is 2.60. The quantitative estimate of drug-likeness (QED) is 0.674. The van der Waals surface area contributed by atoms with E-state index in [0.29, 0.717) is 25.2 Å². The van der Waals surface area contributed by atoms with Crippen molar-refractivity contribution >= 4 is 11.6 Å². The minimum atomic E-state index is -4.62. The molecule has 2 aromatic heterocycles. The van der Waals surface area contributed by atoms with E-state index in [1.54, 1.807) is 10.8 Å². The van der Waals surface area contributed by atoms with Gasteiger partial charge < -0.3 is 9.67 Å². The van der Waals surface area contributed by atoms with Gasteiger partial charge in [0.1, 0.15) is 5.69 Å². The monoisotopic (exact) mass is 397 g/mol. The summed E-state index contributed by atoms with van der Waals surface area (Å²) < 4.78 is 70.3. The SMILES string of the molecule is OC1N(c2c(F)cc(-n3cc(C(F)(F)F)cn3)cc2F)c2nccn2C12CC2. The summed E-state index contributed by atoms with van der Waals surface area (Å²) in [5.41, 5.74) is -2.43. The van der Waals surface area contributed by atoms with Gasteiger partial charge in [-0.2, -0.15) is 18.3 Å². The fraction of sp³-hybridized carbons (Fsp3) is 0.294. The molecule has 1 saturated carbocycles. The summed E-state index contributed by atoms with van der Waals surface area (Å²) in [6.45, 7) is 0. The highest BCUT2D eigenvalue weighted by atomic mass is 19.4. The molecular weight excluding hydrogens is 385 g/mol. The molecule has 1 aliphatic carbocycles. The minimum Gasteiger partial charge on any atom is -0.371 e. The number of nitrogens with zero attached hydrogens (tertiary/aromatic N) is 5. The van der Waals surface area contributed by atoms with Crippen molar-refractivity contribution in [3.63, 3.8) is 0 Å². The zero-order valence-electron chi connectivity index (χ0n) is 14.0. The molecule has 2 aliphatic rings. The van der Waals surface area contributed by atoms with Crippen LogP contribution in [0.1, 0.15) is 18.4 Å². The molecule has 146 valence electrons. The second-order valence-electron chi connectivity index (χ2n) is 6.87. The van der Waals surface area contributed by atoms with Crippen LogP contribution in [0.4, 0.5) is 33.6 Å². The van der Waals surface area contributed by atoms with Crippen molar-refractivity contribution in [2.75, 3.05) is 4.90 Å². The Bertz CT molecular complexity index is 1060. The molecule has 3 heterocycles. The molecule has 6 nitrogen and oxygen atoms in total. The van der Waals surface area contributed by atoms with Crippen molar-refractivity contribution in [3.05, 3.63) is 54.1 Å². The maximum Gasteiger partial charge on any atom is 0.419 e. The molecule has 0 amide bonds. The van der Waals surface area contributed by atoms with Crippen LogP contribution < -0.4 is 4.90 Å². The van der Waals surface area contributed by atoms with E-state index in [4.69, 9.17) is 0 Å². The molecule has 1 spiro atoms. The Hall–Kier alpha value is -2.95. The van der Waals surface area contributed by atoms with Crippen molar-refractivity contribution in [1.82, 2.24) is 19.3 Å². The summed E-state index contributed by atoms with van der Waals surface area (Å²) in [6.07, 6.45) is -0.214. The van der Waals surface area contributed by atoms with E-state index >= 15 is 0 Å². The van der Waals surface area contributed by atoms with E-state index in [2.05, 4.69) is 10.1 Å². The Morgan fingerprint density at radius 1 is 1.14 bits per heavy atom. The number of fused-ring (bicyclic) bond motifs is 2. The third-order valence-electron chi connectivity index (χ3n) is 5.22. The first kappa shape index (κ1) is 17.2. The molecule has 1 atom stereocenters. The lowest BCUT2D eigenvalue weighted by Crippen LogP contribution is -2.36. The van der Waals surface area contributed by atoms with Crippen LogP contribution >= 0.6 is 0 Å². The predicted octanol–water partition coefficient (Wildman–Crippen LogP) is 3.33. The van der Waals surface area contributed by atoms with Crippen LogP contribution in [-0.4, -0.2) is 30.7 Å². The predicted molar refractivity (Wildman–Crippen MR) is 86.1 cm³/mol. The first-order chi connectivity index (χ1) is 13.2. The number of alkyl halides is 3. The first-order valence-electron chi connectivity index (χ1n) is 8.35. The van der Waals surface area contributed by atoms with Gasteiger partial charge in [0.25, 0.3) is 0 Å². The van der Waals surface area contributed by atoms with Crippen LogP contribution in [0.3, 0.4) is 0 Å². The molecule has 28 heavy (non-hydrogen) atoms. The van der Waals surface area contributed by atoms with E-state index in [1.807, 2.05) is 0 Å². The Labute approximate surface area is 154 Å². The lowest BCUT2D eigenvalue weighted by molar-refractivity contribution is -0.137. The highest BCUT2D eigenvalue weighted by Crippen LogP contribution is 2.56. The average Bonchev–Trinajstić information content (AvgIpc) is 2.99. The average molecular weight is 397 g/mol. The fourth-order valence-corrected chi connectivity index (χ4v) is 3.67. The summed E-state index contributed by atoms with van der Waals surface area (Å²) in [4.78, 5) is 5.16. The van der Waals surface area contributed by atoms with Gasteiger partial charge >= 0.3 is 6.18 Å². The summed E-state index contributed by atoms with van der Waals surface area (Å²) in [6, 6.07) is 1.73. The molecule has 0 radical (unpaired) electrons. The van der Waals surface area contributed by atoms with E-state index in [1.165, 1.54) is 6.20 Å². The standard InChI is InChI=1S/C17H12F5N5O/c18-11-5-10(26-8-9(7-24-26)17(20,21)22)6-12(19)13(11)27-14(28)16(1-2-16)25-4-3-23-15(25)27/h3-8,14,28H,1-2H2. The first-order valence-corrected chi connectivity index (χ1v) is 8.35.